The number of benzene rings is 1. The van der Waals surface area contributed by atoms with Crippen molar-refractivity contribution in [1.29, 1.82) is 0 Å². The van der Waals surface area contributed by atoms with Gasteiger partial charge in [-0.3, -0.25) is 9.78 Å². The second-order valence-electron chi connectivity index (χ2n) is 10.7. The molecule has 3 aromatic rings. The molecule has 1 aliphatic rings. The van der Waals surface area contributed by atoms with Crippen LogP contribution in [-0.2, 0) is 5.60 Å². The zero-order chi connectivity index (χ0) is 28.0. The van der Waals surface area contributed by atoms with Gasteiger partial charge in [-0.1, -0.05) is 6.92 Å². The average molecular weight is 527 g/mol. The number of hydrogen-bond acceptors (Lipinski definition) is 7. The van der Waals surface area contributed by atoms with E-state index in [4.69, 9.17) is 5.73 Å². The van der Waals surface area contributed by atoms with E-state index in [-0.39, 0.29) is 34.5 Å². The first kappa shape index (κ1) is 27.6. The fourth-order valence-corrected chi connectivity index (χ4v) is 4.86. The minimum atomic E-state index is -1.46. The van der Waals surface area contributed by atoms with Crippen LogP contribution in [0.4, 0.5) is 20.2 Å². The Morgan fingerprint density at radius 1 is 1.18 bits per heavy atom. The molecule has 2 heterocycles. The van der Waals surface area contributed by atoms with Crippen molar-refractivity contribution in [2.75, 3.05) is 11.1 Å². The van der Waals surface area contributed by atoms with Crippen molar-refractivity contribution >= 4 is 17.3 Å². The molecule has 6 N–H and O–H groups in total. The number of nitrogens with one attached hydrogen (secondary N) is 1. The van der Waals surface area contributed by atoms with Gasteiger partial charge in [0.25, 0.3) is 5.91 Å². The monoisotopic (exact) mass is 526 g/mol. The molecule has 0 bridgehead atoms. The van der Waals surface area contributed by atoms with Crippen LogP contribution in [-0.4, -0.2) is 42.9 Å². The van der Waals surface area contributed by atoms with Gasteiger partial charge >= 0.3 is 0 Å². The molecule has 2 aromatic heterocycles. The van der Waals surface area contributed by atoms with Gasteiger partial charge < -0.3 is 26.4 Å². The summed E-state index contributed by atoms with van der Waals surface area (Å²) in [5.74, 6) is -2.95. The molecule has 0 unspecified atom stereocenters. The first-order valence-electron chi connectivity index (χ1n) is 12.3. The molecule has 1 fully saturated rings. The van der Waals surface area contributed by atoms with Crippen LogP contribution in [0.25, 0.3) is 11.3 Å². The number of pyridine rings is 2. The smallest absolute Gasteiger partial charge is 0.276 e. The highest BCUT2D eigenvalue weighted by Gasteiger charge is 2.43. The zero-order valence-corrected chi connectivity index (χ0v) is 21.7. The summed E-state index contributed by atoms with van der Waals surface area (Å²) in [6.07, 6.45) is 2.96. The molecule has 38 heavy (non-hydrogen) atoms. The van der Waals surface area contributed by atoms with Crippen LogP contribution in [0.1, 0.15) is 68.1 Å². The fraction of sp³-hybridized carbons (Fsp3) is 0.393. The molecule has 0 aliphatic heterocycles. The summed E-state index contributed by atoms with van der Waals surface area (Å²) in [6, 6.07) is 6.43. The second-order valence-corrected chi connectivity index (χ2v) is 10.7. The maximum atomic E-state index is 14.9. The molecule has 1 aromatic carbocycles. The minimum absolute atomic E-state index is 0.00313. The summed E-state index contributed by atoms with van der Waals surface area (Å²) in [5, 5.41) is 33.9. The van der Waals surface area contributed by atoms with E-state index < -0.39 is 40.4 Å². The topological polar surface area (TPSA) is 142 Å². The molecule has 10 heteroatoms. The van der Waals surface area contributed by atoms with Gasteiger partial charge in [0, 0.05) is 6.20 Å². The summed E-state index contributed by atoms with van der Waals surface area (Å²) < 4.78 is 29.8. The minimum Gasteiger partial charge on any atom is -0.397 e. The predicted octanol–water partition coefficient (Wildman–Crippen LogP) is 4.11. The highest BCUT2D eigenvalue weighted by Crippen LogP contribution is 2.43. The Labute approximate surface area is 219 Å². The standard InChI is InChI=1S/C28H32F2N4O4/c1-14-9-15(10-23(35)28(14,4)38)17-7-8-32-13-22(17)34-26(36)25-20(31)5-6-21(33-25)24-18(29)11-16(12-19(24)30)27(2,3)37/h5-8,11-15,23,35,37-38H,9-10,31H2,1-4H3,(H,34,36)/t14-,15+,23+,28+/m0/s1. The number of carbonyl (C=O) groups is 1. The molecule has 0 radical (unpaired) electrons. The Morgan fingerprint density at radius 2 is 1.84 bits per heavy atom. The number of rotatable bonds is 5. The van der Waals surface area contributed by atoms with Crippen molar-refractivity contribution in [2.24, 2.45) is 5.92 Å². The summed E-state index contributed by atoms with van der Waals surface area (Å²) >= 11 is 0. The van der Waals surface area contributed by atoms with Crippen molar-refractivity contribution in [1.82, 2.24) is 9.97 Å². The molecule has 8 nitrogen and oxygen atoms in total. The molecule has 1 aliphatic carbocycles. The van der Waals surface area contributed by atoms with E-state index in [1.807, 2.05) is 6.92 Å². The Balaban J connectivity index is 1.65. The maximum Gasteiger partial charge on any atom is 0.276 e. The van der Waals surface area contributed by atoms with Gasteiger partial charge in [0.15, 0.2) is 5.69 Å². The Kier molecular flexibility index (Phi) is 7.26. The molecule has 1 saturated carbocycles. The van der Waals surface area contributed by atoms with Gasteiger partial charge in [0.1, 0.15) is 11.6 Å². The van der Waals surface area contributed by atoms with Crippen LogP contribution in [0.5, 0.6) is 0 Å². The number of amides is 1. The number of aromatic nitrogens is 2. The number of nitrogens with two attached hydrogens (primary N) is 1. The number of aliphatic hydroxyl groups is 3. The third kappa shape index (κ3) is 5.24. The lowest BCUT2D eigenvalue weighted by Crippen LogP contribution is -2.49. The Morgan fingerprint density at radius 3 is 2.45 bits per heavy atom. The van der Waals surface area contributed by atoms with E-state index in [1.165, 1.54) is 32.2 Å². The highest BCUT2D eigenvalue weighted by atomic mass is 19.1. The van der Waals surface area contributed by atoms with Gasteiger partial charge in [-0.2, -0.15) is 0 Å². The van der Waals surface area contributed by atoms with Crippen molar-refractivity contribution in [3.63, 3.8) is 0 Å². The summed E-state index contributed by atoms with van der Waals surface area (Å²) in [4.78, 5) is 21.5. The summed E-state index contributed by atoms with van der Waals surface area (Å²) in [6.45, 7) is 6.29. The van der Waals surface area contributed by atoms with E-state index in [0.29, 0.717) is 18.5 Å². The number of nitrogens with zero attached hydrogens (tertiary/aromatic N) is 2. The number of hydrogen-bond donors (Lipinski definition) is 5. The van der Waals surface area contributed by atoms with Crippen molar-refractivity contribution in [3.8, 4) is 11.3 Å². The molecular weight excluding hydrogens is 494 g/mol. The SMILES string of the molecule is C[C@H]1C[C@@H](c2ccncc2NC(=O)c2nc(-c3c(F)cc(C(C)(C)O)cc3F)ccc2N)C[C@@H](O)[C@]1(C)O. The van der Waals surface area contributed by atoms with Gasteiger partial charge in [-0.15, -0.1) is 0 Å². The van der Waals surface area contributed by atoms with Gasteiger partial charge in [0.05, 0.1) is 46.1 Å². The average Bonchev–Trinajstić information content (AvgIpc) is 2.82. The van der Waals surface area contributed by atoms with Crippen LogP contribution >= 0.6 is 0 Å². The van der Waals surface area contributed by atoms with E-state index in [1.54, 1.807) is 19.2 Å². The molecule has 202 valence electrons. The quantitative estimate of drug-likeness (QED) is 0.337. The molecule has 1 amide bonds. The third-order valence-corrected chi connectivity index (χ3v) is 7.51. The van der Waals surface area contributed by atoms with E-state index in [0.717, 1.165) is 17.7 Å². The van der Waals surface area contributed by atoms with Gasteiger partial charge in [0.2, 0.25) is 0 Å². The van der Waals surface area contributed by atoms with E-state index >= 15 is 0 Å². The lowest BCUT2D eigenvalue weighted by molar-refractivity contribution is -0.123. The number of aliphatic hydroxyl groups excluding tert-OH is 1. The van der Waals surface area contributed by atoms with Crippen LogP contribution in [0, 0.1) is 17.6 Å². The van der Waals surface area contributed by atoms with Crippen molar-refractivity contribution in [3.05, 3.63) is 71.2 Å². The molecule has 4 atom stereocenters. The van der Waals surface area contributed by atoms with Crippen LogP contribution in [0.15, 0.2) is 42.7 Å². The number of halogens is 2. The lowest BCUT2D eigenvalue weighted by atomic mass is 9.69. The van der Waals surface area contributed by atoms with E-state index in [2.05, 4.69) is 15.3 Å². The van der Waals surface area contributed by atoms with Crippen molar-refractivity contribution in [2.45, 2.75) is 63.8 Å². The maximum absolute atomic E-state index is 14.9. The first-order chi connectivity index (χ1) is 17.7. The van der Waals surface area contributed by atoms with E-state index in [9.17, 15) is 28.9 Å². The molecule has 0 spiro atoms. The largest absolute Gasteiger partial charge is 0.397 e. The van der Waals surface area contributed by atoms with Gasteiger partial charge in [-0.05, 0) is 86.9 Å². The summed E-state index contributed by atoms with van der Waals surface area (Å²) in [5.41, 5.74) is 3.66. The van der Waals surface area contributed by atoms with Crippen LogP contribution < -0.4 is 11.1 Å². The second kappa shape index (κ2) is 10.0. The third-order valence-electron chi connectivity index (χ3n) is 7.51. The molecule has 0 saturated heterocycles. The zero-order valence-electron chi connectivity index (χ0n) is 21.7. The molecule has 4 rings (SSSR count). The Bertz CT molecular complexity index is 1340. The number of nitrogen functional groups attached to an aromatic ring is 1. The van der Waals surface area contributed by atoms with Crippen LogP contribution in [0.3, 0.4) is 0 Å². The fourth-order valence-electron chi connectivity index (χ4n) is 4.86. The highest BCUT2D eigenvalue weighted by molar-refractivity contribution is 6.06. The van der Waals surface area contributed by atoms with Crippen LogP contribution in [0.2, 0.25) is 0 Å². The lowest BCUT2D eigenvalue weighted by Gasteiger charge is -2.43. The van der Waals surface area contributed by atoms with Gasteiger partial charge in [-0.25, -0.2) is 13.8 Å². The summed E-state index contributed by atoms with van der Waals surface area (Å²) in [7, 11) is 0. The normalized spacial score (nSPS) is 23.8. The molecular formula is C28H32F2N4O4. The predicted molar refractivity (Wildman–Crippen MR) is 139 cm³/mol. The number of anilines is 2. The number of carbonyl (C=O) groups excluding carboxylic acids is 1. The Hall–Kier alpha value is -3.47. The van der Waals surface area contributed by atoms with Crippen molar-refractivity contribution < 1.29 is 28.9 Å². The first-order valence-corrected chi connectivity index (χ1v) is 12.3.